The SMILES string of the molecule is CC(C#N)(CC1CC1)c1cnc(C(F)(F)F)nc1. The number of hydrogen-bond donors (Lipinski definition) is 0. The van der Waals surface area contributed by atoms with E-state index in [1.807, 2.05) is 0 Å². The van der Waals surface area contributed by atoms with Gasteiger partial charge in [0.25, 0.3) is 0 Å². The third kappa shape index (κ3) is 2.61. The first kappa shape index (κ1) is 12.8. The lowest BCUT2D eigenvalue weighted by molar-refractivity contribution is -0.145. The highest BCUT2D eigenvalue weighted by Crippen LogP contribution is 2.41. The van der Waals surface area contributed by atoms with Crippen LogP contribution in [-0.4, -0.2) is 9.97 Å². The molecule has 0 spiro atoms. The van der Waals surface area contributed by atoms with Gasteiger partial charge in [-0.15, -0.1) is 0 Å². The lowest BCUT2D eigenvalue weighted by Crippen LogP contribution is -2.22. The molecule has 6 heteroatoms. The minimum atomic E-state index is -4.54. The predicted octanol–water partition coefficient (Wildman–Crippen LogP) is 3.08. The highest BCUT2D eigenvalue weighted by atomic mass is 19.4. The van der Waals surface area contributed by atoms with Gasteiger partial charge < -0.3 is 0 Å². The van der Waals surface area contributed by atoms with Gasteiger partial charge in [0.2, 0.25) is 5.82 Å². The lowest BCUT2D eigenvalue weighted by atomic mass is 9.81. The number of hydrogen-bond acceptors (Lipinski definition) is 3. The van der Waals surface area contributed by atoms with Gasteiger partial charge in [0.1, 0.15) is 0 Å². The summed E-state index contributed by atoms with van der Waals surface area (Å²) < 4.78 is 37.0. The Kier molecular flexibility index (Phi) is 3.01. The minimum absolute atomic E-state index is 0.449. The summed E-state index contributed by atoms with van der Waals surface area (Å²) in [6, 6.07) is 2.16. The Bertz CT molecular complexity index is 471. The topological polar surface area (TPSA) is 49.6 Å². The van der Waals surface area contributed by atoms with Crippen LogP contribution in [0.25, 0.3) is 0 Å². The molecule has 0 amide bonds. The molecule has 1 aliphatic rings. The molecule has 1 aromatic heterocycles. The van der Waals surface area contributed by atoms with Crippen molar-refractivity contribution in [3.63, 3.8) is 0 Å². The van der Waals surface area contributed by atoms with Gasteiger partial charge in [0.05, 0.1) is 11.5 Å². The van der Waals surface area contributed by atoms with Crippen molar-refractivity contribution in [1.29, 1.82) is 5.26 Å². The number of nitriles is 1. The van der Waals surface area contributed by atoms with E-state index in [2.05, 4.69) is 16.0 Å². The average Bonchev–Trinajstić information content (AvgIpc) is 3.12. The zero-order chi connectivity index (χ0) is 13.4. The van der Waals surface area contributed by atoms with E-state index >= 15 is 0 Å². The average molecular weight is 255 g/mol. The summed E-state index contributed by atoms with van der Waals surface area (Å²) in [5.74, 6) is -0.671. The molecule has 1 fully saturated rings. The summed E-state index contributed by atoms with van der Waals surface area (Å²) in [5.41, 5.74) is -0.351. The van der Waals surface area contributed by atoms with Crippen molar-refractivity contribution in [3.8, 4) is 6.07 Å². The molecule has 18 heavy (non-hydrogen) atoms. The third-order valence-corrected chi connectivity index (χ3v) is 3.18. The van der Waals surface area contributed by atoms with Crippen LogP contribution < -0.4 is 0 Å². The minimum Gasteiger partial charge on any atom is -0.233 e. The number of aromatic nitrogens is 2. The van der Waals surface area contributed by atoms with Crippen molar-refractivity contribution in [1.82, 2.24) is 9.97 Å². The molecule has 96 valence electrons. The fraction of sp³-hybridized carbons (Fsp3) is 0.583. The van der Waals surface area contributed by atoms with E-state index in [9.17, 15) is 18.4 Å². The molecular weight excluding hydrogens is 243 g/mol. The van der Waals surface area contributed by atoms with Gasteiger partial charge in [-0.25, -0.2) is 9.97 Å². The first-order chi connectivity index (χ1) is 8.35. The largest absolute Gasteiger partial charge is 0.451 e. The van der Waals surface area contributed by atoms with Crippen LogP contribution in [-0.2, 0) is 11.6 Å². The maximum atomic E-state index is 12.3. The molecule has 1 atom stereocenters. The molecule has 0 radical (unpaired) electrons. The van der Waals surface area contributed by atoms with Crippen LogP contribution in [0.4, 0.5) is 13.2 Å². The summed E-state index contributed by atoms with van der Waals surface area (Å²) in [6.45, 7) is 1.72. The van der Waals surface area contributed by atoms with Gasteiger partial charge in [-0.1, -0.05) is 12.8 Å². The maximum absolute atomic E-state index is 12.3. The number of nitrogens with zero attached hydrogens (tertiary/aromatic N) is 3. The summed E-state index contributed by atoms with van der Waals surface area (Å²) in [4.78, 5) is 6.61. The van der Waals surface area contributed by atoms with Gasteiger partial charge in [0, 0.05) is 18.0 Å². The van der Waals surface area contributed by atoms with Crippen molar-refractivity contribution in [3.05, 3.63) is 23.8 Å². The molecule has 2 rings (SSSR count). The molecule has 1 heterocycles. The van der Waals surface area contributed by atoms with Crippen LogP contribution in [0.3, 0.4) is 0 Å². The molecule has 0 N–H and O–H groups in total. The quantitative estimate of drug-likeness (QED) is 0.833. The molecule has 0 saturated heterocycles. The summed E-state index contributed by atoms with van der Waals surface area (Å²) in [6.07, 6.45) is 0.497. The Morgan fingerprint density at radius 3 is 2.28 bits per heavy atom. The molecule has 1 saturated carbocycles. The fourth-order valence-electron chi connectivity index (χ4n) is 1.89. The fourth-order valence-corrected chi connectivity index (χ4v) is 1.89. The summed E-state index contributed by atoms with van der Waals surface area (Å²) >= 11 is 0. The van der Waals surface area contributed by atoms with Crippen LogP contribution in [0.1, 0.15) is 37.6 Å². The summed E-state index contributed by atoms with van der Waals surface area (Å²) in [7, 11) is 0. The van der Waals surface area contributed by atoms with E-state index in [0.717, 1.165) is 25.2 Å². The van der Waals surface area contributed by atoms with Crippen LogP contribution >= 0.6 is 0 Å². The smallest absolute Gasteiger partial charge is 0.233 e. The Labute approximate surface area is 103 Å². The zero-order valence-corrected chi connectivity index (χ0v) is 9.83. The van der Waals surface area contributed by atoms with Gasteiger partial charge in [-0.3, -0.25) is 0 Å². The van der Waals surface area contributed by atoms with E-state index in [4.69, 9.17) is 0 Å². The number of alkyl halides is 3. The molecule has 0 aliphatic heterocycles. The lowest BCUT2D eigenvalue weighted by Gasteiger charge is -2.21. The monoisotopic (exact) mass is 255 g/mol. The van der Waals surface area contributed by atoms with E-state index in [0.29, 0.717) is 17.9 Å². The maximum Gasteiger partial charge on any atom is 0.451 e. The van der Waals surface area contributed by atoms with Gasteiger partial charge in [-0.2, -0.15) is 18.4 Å². The summed E-state index contributed by atoms with van der Waals surface area (Å²) in [5, 5.41) is 9.22. The molecule has 1 unspecified atom stereocenters. The van der Waals surface area contributed by atoms with Gasteiger partial charge in [-0.05, 0) is 19.3 Å². The second-order valence-electron chi connectivity index (χ2n) is 4.88. The van der Waals surface area contributed by atoms with Gasteiger partial charge in [0.15, 0.2) is 0 Å². The van der Waals surface area contributed by atoms with Crippen molar-refractivity contribution in [2.24, 2.45) is 5.92 Å². The second-order valence-corrected chi connectivity index (χ2v) is 4.88. The Balaban J connectivity index is 2.24. The van der Waals surface area contributed by atoms with Crippen molar-refractivity contribution < 1.29 is 13.2 Å². The highest BCUT2D eigenvalue weighted by Gasteiger charge is 2.38. The molecular formula is C12H12F3N3. The van der Waals surface area contributed by atoms with Crippen LogP contribution in [0.5, 0.6) is 0 Å². The van der Waals surface area contributed by atoms with Crippen molar-refractivity contribution in [2.45, 2.75) is 37.8 Å². The van der Waals surface area contributed by atoms with Crippen LogP contribution in [0, 0.1) is 17.2 Å². The Morgan fingerprint density at radius 1 is 1.33 bits per heavy atom. The number of halogens is 3. The Hall–Kier alpha value is -1.64. The van der Waals surface area contributed by atoms with Crippen LogP contribution in [0.2, 0.25) is 0 Å². The van der Waals surface area contributed by atoms with E-state index in [1.165, 1.54) is 0 Å². The highest BCUT2D eigenvalue weighted by molar-refractivity contribution is 5.27. The standard InChI is InChI=1S/C12H12F3N3/c1-11(7-16,4-8-2-3-8)9-5-17-10(18-6-9)12(13,14)15/h5-6,8H,2-4H2,1H3. The van der Waals surface area contributed by atoms with E-state index in [1.54, 1.807) is 6.92 Å². The first-order valence-corrected chi connectivity index (χ1v) is 5.66. The normalized spacial score (nSPS) is 19.1. The van der Waals surface area contributed by atoms with Gasteiger partial charge >= 0.3 is 6.18 Å². The third-order valence-electron chi connectivity index (χ3n) is 3.18. The molecule has 0 aromatic carbocycles. The van der Waals surface area contributed by atoms with E-state index in [-0.39, 0.29) is 0 Å². The zero-order valence-electron chi connectivity index (χ0n) is 9.83. The van der Waals surface area contributed by atoms with Crippen molar-refractivity contribution in [2.75, 3.05) is 0 Å². The van der Waals surface area contributed by atoms with Crippen LogP contribution in [0.15, 0.2) is 12.4 Å². The molecule has 1 aliphatic carbocycles. The van der Waals surface area contributed by atoms with E-state index < -0.39 is 17.4 Å². The molecule has 3 nitrogen and oxygen atoms in total. The Morgan fingerprint density at radius 2 is 1.89 bits per heavy atom. The predicted molar refractivity (Wildman–Crippen MR) is 57.3 cm³/mol. The molecule has 1 aromatic rings. The second kappa shape index (κ2) is 4.23. The first-order valence-electron chi connectivity index (χ1n) is 5.66. The van der Waals surface area contributed by atoms with Crippen molar-refractivity contribution >= 4 is 0 Å². The number of rotatable bonds is 3. The molecule has 0 bridgehead atoms.